The van der Waals surface area contributed by atoms with Gasteiger partial charge in [-0.3, -0.25) is 4.79 Å². The van der Waals surface area contributed by atoms with Gasteiger partial charge in [-0.05, 0) is 12.1 Å². The van der Waals surface area contributed by atoms with Crippen LogP contribution in [0.4, 0.5) is 0 Å². The van der Waals surface area contributed by atoms with Gasteiger partial charge >= 0.3 is 0 Å². The Kier molecular flexibility index (Phi) is 5.06. The summed E-state index contributed by atoms with van der Waals surface area (Å²) in [5, 5.41) is 8.65. The molecule has 0 atom stereocenters. The lowest BCUT2D eigenvalue weighted by Gasteiger charge is -2.16. The van der Waals surface area contributed by atoms with Crippen molar-refractivity contribution in [1.82, 2.24) is 4.31 Å². The van der Waals surface area contributed by atoms with Gasteiger partial charge in [-0.2, -0.15) is 4.31 Å². The molecule has 0 aliphatic heterocycles. The molecule has 0 unspecified atom stereocenters. The number of carbonyl (C=O) groups is 1. The summed E-state index contributed by atoms with van der Waals surface area (Å²) in [6.07, 6.45) is 0. The van der Waals surface area contributed by atoms with Crippen molar-refractivity contribution in [2.24, 2.45) is 5.73 Å². The molecule has 0 aromatic heterocycles. The van der Waals surface area contributed by atoms with Crippen LogP contribution in [0, 0.1) is 11.8 Å². The Morgan fingerprint density at radius 1 is 1.42 bits per heavy atom. The molecule has 1 amide bonds. The van der Waals surface area contributed by atoms with Crippen molar-refractivity contribution < 1.29 is 18.3 Å². The molecule has 7 heteroatoms. The van der Waals surface area contributed by atoms with Gasteiger partial charge in [-0.1, -0.05) is 24.0 Å². The molecule has 0 spiro atoms. The predicted molar refractivity (Wildman–Crippen MR) is 69.4 cm³/mol. The van der Waals surface area contributed by atoms with Gasteiger partial charge in [-0.15, -0.1) is 0 Å². The number of carbonyl (C=O) groups excluding carboxylic acids is 1. The summed E-state index contributed by atoms with van der Waals surface area (Å²) in [6, 6.07) is 6.09. The number of aliphatic hydroxyl groups excluding tert-OH is 1. The van der Waals surface area contributed by atoms with Crippen LogP contribution in [0.5, 0.6) is 0 Å². The maximum atomic E-state index is 12.2. The van der Waals surface area contributed by atoms with Crippen molar-refractivity contribution in [3.8, 4) is 11.8 Å². The number of amides is 1. The van der Waals surface area contributed by atoms with Gasteiger partial charge in [0.05, 0.1) is 11.4 Å². The number of sulfonamides is 1. The number of likely N-dealkylation sites (N-methyl/N-ethyl adjacent to an activating group) is 1. The van der Waals surface area contributed by atoms with Crippen molar-refractivity contribution in [2.75, 3.05) is 20.2 Å². The summed E-state index contributed by atoms with van der Waals surface area (Å²) in [5.41, 5.74) is 5.24. The molecule has 1 aromatic rings. The highest BCUT2D eigenvalue weighted by Crippen LogP contribution is 2.18. The Morgan fingerprint density at radius 3 is 2.63 bits per heavy atom. The average molecular weight is 282 g/mol. The van der Waals surface area contributed by atoms with Crippen LogP contribution in [-0.2, 0) is 14.8 Å². The zero-order chi connectivity index (χ0) is 14.5. The second-order valence-corrected chi connectivity index (χ2v) is 5.70. The Hall–Kier alpha value is -1.88. The zero-order valence-corrected chi connectivity index (χ0v) is 11.1. The molecule has 0 bridgehead atoms. The van der Waals surface area contributed by atoms with E-state index in [9.17, 15) is 13.2 Å². The molecule has 0 radical (unpaired) electrons. The van der Waals surface area contributed by atoms with Crippen molar-refractivity contribution in [3.05, 3.63) is 29.8 Å². The first-order valence-electron chi connectivity index (χ1n) is 5.33. The molecule has 1 aromatic carbocycles. The topological polar surface area (TPSA) is 101 Å². The quantitative estimate of drug-likeness (QED) is 0.701. The highest BCUT2D eigenvalue weighted by molar-refractivity contribution is 7.89. The molecule has 6 nitrogen and oxygen atoms in total. The number of primary amides is 1. The fraction of sp³-hybridized carbons (Fsp3) is 0.250. The van der Waals surface area contributed by atoms with E-state index in [1.54, 1.807) is 12.1 Å². The molecule has 19 heavy (non-hydrogen) atoms. The molecule has 0 aliphatic carbocycles. The number of aliphatic hydroxyl groups is 1. The minimum atomic E-state index is -3.85. The fourth-order valence-corrected chi connectivity index (χ4v) is 2.68. The summed E-state index contributed by atoms with van der Waals surface area (Å²) in [5.74, 6) is 4.20. The second kappa shape index (κ2) is 6.33. The van der Waals surface area contributed by atoms with Gasteiger partial charge < -0.3 is 10.8 Å². The molecule has 1 rings (SSSR count). The lowest BCUT2D eigenvalue weighted by Crippen LogP contribution is -2.35. The molecule has 0 saturated carbocycles. The van der Waals surface area contributed by atoms with Crippen LogP contribution in [0.1, 0.15) is 5.56 Å². The number of hydrogen-bond donors (Lipinski definition) is 2. The molecule has 0 heterocycles. The van der Waals surface area contributed by atoms with Crippen molar-refractivity contribution in [3.63, 3.8) is 0 Å². The van der Waals surface area contributed by atoms with E-state index in [2.05, 4.69) is 11.8 Å². The first-order valence-corrected chi connectivity index (χ1v) is 6.77. The summed E-state index contributed by atoms with van der Waals surface area (Å²) in [6.45, 7) is -0.782. The number of benzene rings is 1. The van der Waals surface area contributed by atoms with Gasteiger partial charge in [0.1, 0.15) is 6.61 Å². The van der Waals surface area contributed by atoms with Crippen LogP contribution in [0.15, 0.2) is 29.2 Å². The van der Waals surface area contributed by atoms with Crippen molar-refractivity contribution >= 4 is 15.9 Å². The highest BCUT2D eigenvalue weighted by Gasteiger charge is 2.24. The maximum Gasteiger partial charge on any atom is 0.244 e. The van der Waals surface area contributed by atoms with Crippen molar-refractivity contribution in [2.45, 2.75) is 4.90 Å². The SMILES string of the molecule is CN(CC(N)=O)S(=O)(=O)c1ccccc1C#CCO. The van der Waals surface area contributed by atoms with E-state index >= 15 is 0 Å². The summed E-state index contributed by atoms with van der Waals surface area (Å²) >= 11 is 0. The van der Waals surface area contributed by atoms with Crippen LogP contribution < -0.4 is 5.73 Å². The van der Waals surface area contributed by atoms with E-state index < -0.39 is 22.5 Å². The standard InChI is InChI=1S/C12H14N2O4S/c1-14(9-12(13)16)19(17,18)11-7-3-2-5-10(11)6-4-8-15/h2-3,5,7,15H,8-9H2,1H3,(H2,13,16). The van der Waals surface area contributed by atoms with E-state index in [1.165, 1.54) is 19.2 Å². The number of nitrogens with zero attached hydrogens (tertiary/aromatic N) is 1. The van der Waals surface area contributed by atoms with Crippen molar-refractivity contribution in [1.29, 1.82) is 0 Å². The molecule has 3 N–H and O–H groups in total. The summed E-state index contributed by atoms with van der Waals surface area (Å²) < 4.78 is 25.3. The predicted octanol–water partition coefficient (Wildman–Crippen LogP) is -0.864. The summed E-state index contributed by atoms with van der Waals surface area (Å²) in [7, 11) is -2.59. The van der Waals surface area contributed by atoms with Gasteiger partial charge in [-0.25, -0.2) is 8.42 Å². The zero-order valence-electron chi connectivity index (χ0n) is 10.3. The molecule has 0 fully saturated rings. The lowest BCUT2D eigenvalue weighted by atomic mass is 10.2. The van der Waals surface area contributed by atoms with E-state index in [1.807, 2.05) is 0 Å². The number of rotatable bonds is 4. The van der Waals surface area contributed by atoms with E-state index in [4.69, 9.17) is 10.8 Å². The Labute approximate surface area is 111 Å². The van der Waals surface area contributed by atoms with Gasteiger partial charge in [0.2, 0.25) is 15.9 Å². The Morgan fingerprint density at radius 2 is 2.05 bits per heavy atom. The van der Waals surface area contributed by atoms with Gasteiger partial charge in [0.25, 0.3) is 0 Å². The normalized spacial score (nSPS) is 10.9. The van der Waals surface area contributed by atoms with E-state index in [0.29, 0.717) is 0 Å². The first kappa shape index (κ1) is 15.2. The Balaban J connectivity index is 3.25. The molecule has 0 saturated heterocycles. The highest BCUT2D eigenvalue weighted by atomic mass is 32.2. The van der Waals surface area contributed by atoms with E-state index in [-0.39, 0.29) is 17.1 Å². The Bertz CT molecular complexity index is 629. The molecule has 0 aliphatic rings. The smallest absolute Gasteiger partial charge is 0.244 e. The molecule has 102 valence electrons. The van der Waals surface area contributed by atoms with Crippen LogP contribution in [0.25, 0.3) is 0 Å². The minimum Gasteiger partial charge on any atom is -0.384 e. The molecular weight excluding hydrogens is 268 g/mol. The maximum absolute atomic E-state index is 12.2. The number of nitrogens with two attached hydrogens (primary N) is 1. The third-order valence-electron chi connectivity index (χ3n) is 2.26. The monoisotopic (exact) mass is 282 g/mol. The van der Waals surface area contributed by atoms with Crippen LogP contribution >= 0.6 is 0 Å². The third-order valence-corrected chi connectivity index (χ3v) is 4.12. The number of hydrogen-bond acceptors (Lipinski definition) is 4. The van der Waals surface area contributed by atoms with Crippen LogP contribution in [0.2, 0.25) is 0 Å². The largest absolute Gasteiger partial charge is 0.384 e. The third kappa shape index (κ3) is 3.79. The first-order chi connectivity index (χ1) is 8.89. The second-order valence-electron chi connectivity index (χ2n) is 3.68. The van der Waals surface area contributed by atoms with Gasteiger partial charge in [0.15, 0.2) is 0 Å². The molecular formula is C12H14N2O4S. The fourth-order valence-electron chi connectivity index (χ4n) is 1.40. The van der Waals surface area contributed by atoms with Gasteiger partial charge in [0, 0.05) is 12.6 Å². The average Bonchev–Trinajstić information content (AvgIpc) is 2.35. The van der Waals surface area contributed by atoms with Crippen LogP contribution in [0.3, 0.4) is 0 Å². The minimum absolute atomic E-state index is 0.0281. The van der Waals surface area contributed by atoms with E-state index in [0.717, 1.165) is 4.31 Å². The lowest BCUT2D eigenvalue weighted by molar-refractivity contribution is -0.118. The van der Waals surface area contributed by atoms with Crippen LogP contribution in [-0.4, -0.2) is 43.9 Å². The summed E-state index contributed by atoms with van der Waals surface area (Å²) in [4.78, 5) is 10.8.